The summed E-state index contributed by atoms with van der Waals surface area (Å²) in [5.41, 5.74) is 5.20. The third-order valence-corrected chi connectivity index (χ3v) is 5.83. The van der Waals surface area contributed by atoms with E-state index in [9.17, 15) is 5.26 Å². The van der Waals surface area contributed by atoms with E-state index < -0.39 is 6.29 Å². The first-order valence-electron chi connectivity index (χ1n) is 11.4. The van der Waals surface area contributed by atoms with E-state index in [0.29, 0.717) is 36.4 Å². The van der Waals surface area contributed by atoms with Gasteiger partial charge in [-0.2, -0.15) is 15.5 Å². The second kappa shape index (κ2) is 8.84. The van der Waals surface area contributed by atoms with Gasteiger partial charge in [0.15, 0.2) is 23.6 Å². The Labute approximate surface area is 206 Å². The van der Waals surface area contributed by atoms with Gasteiger partial charge in [-0.15, -0.1) is 5.10 Å². The summed E-state index contributed by atoms with van der Waals surface area (Å²) in [5.74, 6) is 1.84. The molecule has 1 aromatic carbocycles. The average Bonchev–Trinajstić information content (AvgIpc) is 3.65. The molecule has 0 saturated carbocycles. The second-order valence-electron chi connectivity index (χ2n) is 8.35. The molecule has 0 unspecified atom stereocenters. The monoisotopic (exact) mass is 479 g/mol. The molecule has 1 N–H and O–H groups in total. The topological polar surface area (TPSA) is 129 Å². The van der Waals surface area contributed by atoms with Crippen LogP contribution in [0, 0.1) is 25.2 Å². The van der Waals surface area contributed by atoms with Crippen LogP contribution < -0.4 is 5.32 Å². The van der Waals surface area contributed by atoms with Crippen LogP contribution in [0.5, 0.6) is 0 Å². The van der Waals surface area contributed by atoms with Crippen LogP contribution in [-0.2, 0) is 9.47 Å². The summed E-state index contributed by atoms with van der Waals surface area (Å²) in [6.45, 7) is 4.78. The van der Waals surface area contributed by atoms with E-state index in [0.717, 1.165) is 33.7 Å². The molecule has 5 aromatic rings. The van der Waals surface area contributed by atoms with Crippen molar-refractivity contribution in [1.29, 1.82) is 5.26 Å². The first kappa shape index (κ1) is 21.8. The van der Waals surface area contributed by atoms with E-state index in [1.54, 1.807) is 17.1 Å². The number of nitrogens with zero attached hydrogens (tertiary/aromatic N) is 8. The quantitative estimate of drug-likeness (QED) is 0.401. The van der Waals surface area contributed by atoms with E-state index >= 15 is 0 Å². The van der Waals surface area contributed by atoms with Gasteiger partial charge in [-0.3, -0.25) is 4.57 Å². The zero-order chi connectivity index (χ0) is 24.6. The van der Waals surface area contributed by atoms with Crippen molar-refractivity contribution < 1.29 is 9.47 Å². The van der Waals surface area contributed by atoms with E-state index in [1.165, 1.54) is 0 Å². The molecule has 4 aromatic heterocycles. The molecule has 1 saturated heterocycles. The lowest BCUT2D eigenvalue weighted by atomic mass is 10.2. The molecule has 5 heterocycles. The Bertz CT molecular complexity index is 1610. The maximum Gasteiger partial charge on any atom is 0.187 e. The fourth-order valence-electron chi connectivity index (χ4n) is 4.10. The van der Waals surface area contributed by atoms with Gasteiger partial charge in [0.05, 0.1) is 35.5 Å². The SMILES string of the molecule is Cc1ccc(Nc2ccc3c(c2)ncn3-c2ccc(C3OCCO3)c(-n3nc(C#N)cc3C)n2)nn1. The summed E-state index contributed by atoms with van der Waals surface area (Å²) in [5, 5.41) is 25.2. The Balaban J connectivity index is 1.40. The summed E-state index contributed by atoms with van der Waals surface area (Å²) in [7, 11) is 0. The molecule has 11 nitrogen and oxygen atoms in total. The van der Waals surface area contributed by atoms with Crippen molar-refractivity contribution >= 4 is 22.5 Å². The molecule has 0 aliphatic carbocycles. The number of fused-ring (bicyclic) bond motifs is 1. The maximum absolute atomic E-state index is 9.33. The molecule has 1 aliphatic rings. The molecule has 1 aliphatic heterocycles. The zero-order valence-corrected chi connectivity index (χ0v) is 19.6. The summed E-state index contributed by atoms with van der Waals surface area (Å²) < 4.78 is 15.0. The van der Waals surface area contributed by atoms with Gasteiger partial charge < -0.3 is 14.8 Å². The van der Waals surface area contributed by atoms with Crippen molar-refractivity contribution in [2.24, 2.45) is 0 Å². The minimum atomic E-state index is -0.547. The first-order valence-corrected chi connectivity index (χ1v) is 11.4. The Kier molecular flexibility index (Phi) is 5.37. The Morgan fingerprint density at radius 2 is 1.89 bits per heavy atom. The number of aromatic nitrogens is 7. The van der Waals surface area contributed by atoms with Crippen molar-refractivity contribution in [3.63, 3.8) is 0 Å². The molecule has 6 rings (SSSR count). The lowest BCUT2D eigenvalue weighted by Gasteiger charge is -2.16. The minimum absolute atomic E-state index is 0.310. The fourth-order valence-corrected chi connectivity index (χ4v) is 4.10. The number of nitrogens with one attached hydrogen (secondary N) is 1. The third kappa shape index (κ3) is 3.94. The van der Waals surface area contributed by atoms with E-state index in [4.69, 9.17) is 14.5 Å². The van der Waals surface area contributed by atoms with Gasteiger partial charge in [0.1, 0.15) is 18.2 Å². The Morgan fingerprint density at radius 3 is 2.64 bits per heavy atom. The van der Waals surface area contributed by atoms with Crippen LogP contribution >= 0.6 is 0 Å². The van der Waals surface area contributed by atoms with Crippen molar-refractivity contribution in [3.05, 3.63) is 77.5 Å². The summed E-state index contributed by atoms with van der Waals surface area (Å²) in [6, 6.07) is 17.3. The highest BCUT2D eigenvalue weighted by Gasteiger charge is 2.25. The normalized spacial score (nSPS) is 13.8. The largest absolute Gasteiger partial charge is 0.346 e. The molecule has 0 amide bonds. The molecular formula is C25H21N9O2. The number of anilines is 2. The maximum atomic E-state index is 9.33. The third-order valence-electron chi connectivity index (χ3n) is 5.83. The Morgan fingerprint density at radius 1 is 1.03 bits per heavy atom. The standard InChI is InChI=1S/C25H21N9O2/c1-15-3-7-22(31-30-15)28-17-4-6-21-20(12-17)27-14-33(21)23-8-5-19(25-35-9-10-36-25)24(29-23)34-16(2)11-18(13-26)32-34/h3-8,11-12,14,25H,9-10H2,1-2H3,(H,28,31). The van der Waals surface area contributed by atoms with Crippen molar-refractivity contribution in [1.82, 2.24) is 34.5 Å². The fraction of sp³-hybridized carbons (Fsp3) is 0.200. The molecule has 0 radical (unpaired) electrons. The molecule has 0 spiro atoms. The van der Waals surface area contributed by atoms with Gasteiger partial charge in [-0.25, -0.2) is 14.6 Å². The highest BCUT2D eigenvalue weighted by atomic mass is 16.7. The smallest absolute Gasteiger partial charge is 0.187 e. The number of nitriles is 1. The molecule has 1 fully saturated rings. The highest BCUT2D eigenvalue weighted by molar-refractivity contribution is 5.82. The number of ether oxygens (including phenoxy) is 2. The number of benzene rings is 1. The molecule has 0 atom stereocenters. The predicted octanol–water partition coefficient (Wildman–Crippen LogP) is 3.67. The number of rotatable bonds is 5. The highest BCUT2D eigenvalue weighted by Crippen LogP contribution is 2.30. The van der Waals surface area contributed by atoms with Crippen LogP contribution in [0.2, 0.25) is 0 Å². The van der Waals surface area contributed by atoms with Crippen LogP contribution in [0.1, 0.15) is 28.9 Å². The van der Waals surface area contributed by atoms with Crippen molar-refractivity contribution in [2.45, 2.75) is 20.1 Å². The molecule has 36 heavy (non-hydrogen) atoms. The summed E-state index contributed by atoms with van der Waals surface area (Å²) in [4.78, 5) is 9.49. The van der Waals surface area contributed by atoms with Crippen LogP contribution in [0.4, 0.5) is 11.5 Å². The minimum Gasteiger partial charge on any atom is -0.346 e. The lowest BCUT2D eigenvalue weighted by molar-refractivity contribution is -0.0443. The summed E-state index contributed by atoms with van der Waals surface area (Å²) >= 11 is 0. The van der Waals surface area contributed by atoms with Gasteiger partial charge in [0.2, 0.25) is 0 Å². The molecule has 0 bridgehead atoms. The van der Waals surface area contributed by atoms with Crippen LogP contribution in [0.15, 0.2) is 54.9 Å². The molecular weight excluding hydrogens is 458 g/mol. The van der Waals surface area contributed by atoms with Gasteiger partial charge in [0, 0.05) is 11.4 Å². The number of aryl methyl sites for hydroxylation is 2. The van der Waals surface area contributed by atoms with Crippen LogP contribution in [0.3, 0.4) is 0 Å². The zero-order valence-electron chi connectivity index (χ0n) is 19.6. The Hall–Kier alpha value is -4.66. The summed E-state index contributed by atoms with van der Waals surface area (Å²) in [6.07, 6.45) is 1.18. The van der Waals surface area contributed by atoms with Crippen molar-refractivity contribution in [3.8, 4) is 17.7 Å². The van der Waals surface area contributed by atoms with Crippen molar-refractivity contribution in [2.75, 3.05) is 18.5 Å². The molecule has 11 heteroatoms. The number of pyridine rings is 1. The lowest BCUT2D eigenvalue weighted by Crippen LogP contribution is -2.12. The second-order valence-corrected chi connectivity index (χ2v) is 8.35. The van der Waals surface area contributed by atoms with Gasteiger partial charge in [0.25, 0.3) is 0 Å². The number of imidazole rings is 1. The van der Waals surface area contributed by atoms with Crippen LogP contribution in [0.25, 0.3) is 22.7 Å². The van der Waals surface area contributed by atoms with E-state index in [2.05, 4.69) is 31.7 Å². The number of hydrogen-bond acceptors (Lipinski definition) is 9. The molecule has 178 valence electrons. The van der Waals surface area contributed by atoms with E-state index in [1.807, 2.05) is 60.9 Å². The van der Waals surface area contributed by atoms with Gasteiger partial charge in [-0.05, 0) is 62.4 Å². The van der Waals surface area contributed by atoms with Gasteiger partial charge >= 0.3 is 0 Å². The van der Waals surface area contributed by atoms with Crippen LogP contribution in [-0.4, -0.2) is 47.7 Å². The predicted molar refractivity (Wildman–Crippen MR) is 130 cm³/mol. The average molecular weight is 480 g/mol. The first-order chi connectivity index (χ1) is 17.6. The van der Waals surface area contributed by atoms with E-state index in [-0.39, 0.29) is 0 Å². The van der Waals surface area contributed by atoms with Gasteiger partial charge in [-0.1, -0.05) is 0 Å². The number of hydrogen-bond donors (Lipinski definition) is 1.